The molecule has 0 aromatic heterocycles. The van der Waals surface area contributed by atoms with E-state index in [1.54, 1.807) is 0 Å². The highest BCUT2D eigenvalue weighted by atomic mass is 31.2. The molecular weight excluding hydrogens is 769 g/mol. The largest absolute Gasteiger partial charge is 0.480 e. The molecule has 0 aliphatic rings. The average molecular weight is 852 g/mol. The van der Waals surface area contributed by atoms with Crippen LogP contribution in [-0.4, -0.2) is 59.9 Å². The highest BCUT2D eigenvalue weighted by Gasteiger charge is 2.28. The molecular formula is C47H82NO10P. The van der Waals surface area contributed by atoms with E-state index in [1.807, 2.05) is 12.2 Å². The maximum Gasteiger partial charge on any atom is 0.472 e. The van der Waals surface area contributed by atoms with Crippen molar-refractivity contribution in [1.82, 2.24) is 0 Å². The second-order valence-electron chi connectivity index (χ2n) is 15.2. The first kappa shape index (κ1) is 56.2. The van der Waals surface area contributed by atoms with E-state index < -0.39 is 51.1 Å². The van der Waals surface area contributed by atoms with Crippen molar-refractivity contribution in [2.24, 2.45) is 5.73 Å². The van der Waals surface area contributed by atoms with Crippen LogP contribution in [0.1, 0.15) is 187 Å². The first-order chi connectivity index (χ1) is 28.6. The molecule has 11 nitrogen and oxygen atoms in total. The van der Waals surface area contributed by atoms with Gasteiger partial charge in [0.05, 0.1) is 13.2 Å². The SMILES string of the molecule is CC/C=C/C/C=C/C/C=C/C/C=C/C/C=C/CCCC(=O)OC[C@H](COP(=O)(O)OC[C@H](N)C(=O)O)OC(=O)CCCCCCCCCCCCCCCCCCCC. The second kappa shape index (κ2) is 41.9. The maximum atomic E-state index is 12.6. The van der Waals surface area contributed by atoms with Crippen molar-refractivity contribution in [2.45, 2.75) is 199 Å². The van der Waals surface area contributed by atoms with Gasteiger partial charge in [-0.15, -0.1) is 0 Å². The van der Waals surface area contributed by atoms with Crippen LogP contribution in [0.4, 0.5) is 0 Å². The van der Waals surface area contributed by atoms with Crippen LogP contribution < -0.4 is 5.73 Å². The lowest BCUT2D eigenvalue weighted by Crippen LogP contribution is -2.34. The lowest BCUT2D eigenvalue weighted by molar-refractivity contribution is -0.161. The molecule has 340 valence electrons. The number of esters is 2. The van der Waals surface area contributed by atoms with Gasteiger partial charge in [0.25, 0.3) is 0 Å². The number of ether oxygens (including phenoxy) is 2. The predicted molar refractivity (Wildman–Crippen MR) is 240 cm³/mol. The van der Waals surface area contributed by atoms with Crippen molar-refractivity contribution in [2.75, 3.05) is 19.8 Å². The van der Waals surface area contributed by atoms with Crippen LogP contribution in [0.15, 0.2) is 60.8 Å². The molecule has 0 saturated carbocycles. The molecule has 3 atom stereocenters. The fraction of sp³-hybridized carbons (Fsp3) is 0.723. The molecule has 0 heterocycles. The molecule has 1 unspecified atom stereocenters. The summed E-state index contributed by atoms with van der Waals surface area (Å²) in [5, 5.41) is 8.90. The molecule has 0 aromatic carbocycles. The number of aliphatic carboxylic acids is 1. The van der Waals surface area contributed by atoms with E-state index in [-0.39, 0.29) is 19.4 Å². The lowest BCUT2D eigenvalue weighted by Gasteiger charge is -2.20. The fourth-order valence-corrected chi connectivity index (χ4v) is 6.76. The van der Waals surface area contributed by atoms with Crippen LogP contribution in [-0.2, 0) is 37.5 Å². The number of allylic oxidation sites excluding steroid dienone is 10. The van der Waals surface area contributed by atoms with Gasteiger partial charge >= 0.3 is 25.7 Å². The van der Waals surface area contributed by atoms with Gasteiger partial charge in [0, 0.05) is 12.8 Å². The second-order valence-corrected chi connectivity index (χ2v) is 16.6. The third kappa shape index (κ3) is 41.7. The van der Waals surface area contributed by atoms with E-state index in [9.17, 15) is 23.8 Å². The van der Waals surface area contributed by atoms with E-state index in [1.165, 1.54) is 89.9 Å². The molecule has 0 spiro atoms. The fourth-order valence-electron chi connectivity index (χ4n) is 5.98. The maximum absolute atomic E-state index is 12.6. The van der Waals surface area contributed by atoms with Gasteiger partial charge in [-0.25, -0.2) is 4.57 Å². The number of carboxylic acid groups (broad SMARTS) is 1. The number of nitrogens with two attached hydrogens (primary N) is 1. The number of phosphoric acid groups is 1. The highest BCUT2D eigenvalue weighted by molar-refractivity contribution is 7.47. The summed E-state index contributed by atoms with van der Waals surface area (Å²) in [5.74, 6) is -2.45. The Bertz CT molecular complexity index is 1230. The number of carbonyl (C=O) groups excluding carboxylic acids is 2. The molecule has 0 aliphatic heterocycles. The zero-order valence-corrected chi connectivity index (χ0v) is 37.7. The molecule has 0 rings (SSSR count). The van der Waals surface area contributed by atoms with Gasteiger partial charge < -0.3 is 25.2 Å². The Kier molecular flexibility index (Phi) is 39.9. The van der Waals surface area contributed by atoms with Gasteiger partial charge in [0.2, 0.25) is 0 Å². The van der Waals surface area contributed by atoms with Gasteiger partial charge in [-0.1, -0.05) is 184 Å². The summed E-state index contributed by atoms with van der Waals surface area (Å²) in [6.45, 7) is 2.64. The first-order valence-corrected chi connectivity index (χ1v) is 24.3. The van der Waals surface area contributed by atoms with E-state index in [0.29, 0.717) is 19.3 Å². The molecule has 0 amide bonds. The molecule has 0 fully saturated rings. The molecule has 4 N–H and O–H groups in total. The smallest absolute Gasteiger partial charge is 0.472 e. The molecule has 0 aliphatic carbocycles. The number of hydrogen-bond acceptors (Lipinski definition) is 9. The predicted octanol–water partition coefficient (Wildman–Crippen LogP) is 12.3. The van der Waals surface area contributed by atoms with Crippen LogP contribution in [0.3, 0.4) is 0 Å². The number of rotatable bonds is 42. The third-order valence-electron chi connectivity index (χ3n) is 9.53. The molecule has 0 aromatic rings. The van der Waals surface area contributed by atoms with Crippen LogP contribution in [0.5, 0.6) is 0 Å². The van der Waals surface area contributed by atoms with Crippen molar-refractivity contribution in [3.63, 3.8) is 0 Å². The molecule has 59 heavy (non-hydrogen) atoms. The molecule has 0 saturated heterocycles. The summed E-state index contributed by atoms with van der Waals surface area (Å²) in [7, 11) is -4.73. The Morgan fingerprint density at radius 1 is 0.542 bits per heavy atom. The zero-order valence-electron chi connectivity index (χ0n) is 36.8. The van der Waals surface area contributed by atoms with Crippen molar-refractivity contribution in [3.05, 3.63) is 60.8 Å². The monoisotopic (exact) mass is 852 g/mol. The van der Waals surface area contributed by atoms with E-state index >= 15 is 0 Å². The van der Waals surface area contributed by atoms with Gasteiger partial charge in [0.1, 0.15) is 12.6 Å². The minimum Gasteiger partial charge on any atom is -0.480 e. The van der Waals surface area contributed by atoms with E-state index in [0.717, 1.165) is 51.4 Å². The molecule has 12 heteroatoms. The molecule has 0 radical (unpaired) electrons. The van der Waals surface area contributed by atoms with E-state index in [2.05, 4.69) is 67.0 Å². The Hall–Kier alpha value is -2.82. The Labute approximate surface area is 357 Å². The van der Waals surface area contributed by atoms with Crippen LogP contribution in [0.2, 0.25) is 0 Å². The standard InChI is InChI=1S/C47H82NO10P/c1-3-5-7-9-11-13-15-17-19-21-23-25-27-29-31-33-35-37-39-46(50)58-43(41-56-59(53,54)57-42-44(48)47(51)52)40-55-45(49)38-36-34-32-30-28-26-24-22-20-18-16-14-12-10-8-6-4-2/h6,8,12,14,18,20,24,26,30,32,43-44H,3-5,7,9-11,13,15-17,19,21-23,25,27-29,31,33-42,48H2,1-2H3,(H,51,52)(H,53,54)/b8-6+,14-12+,20-18+,26-24+,32-30+/t43-,44+/m1/s1. The summed E-state index contributed by atoms with van der Waals surface area (Å²) < 4.78 is 32.7. The average Bonchev–Trinajstić information content (AvgIpc) is 3.21. The van der Waals surface area contributed by atoms with Gasteiger partial charge in [-0.05, 0) is 51.4 Å². The number of carbonyl (C=O) groups is 3. The topological polar surface area (TPSA) is 172 Å². The lowest BCUT2D eigenvalue weighted by atomic mass is 10.0. The number of hydrogen-bond donors (Lipinski definition) is 3. The minimum atomic E-state index is -4.73. The first-order valence-electron chi connectivity index (χ1n) is 22.8. The van der Waals surface area contributed by atoms with Crippen LogP contribution in [0.25, 0.3) is 0 Å². The van der Waals surface area contributed by atoms with Crippen LogP contribution >= 0.6 is 7.82 Å². The summed E-state index contributed by atoms with van der Waals surface area (Å²) in [6, 6.07) is -1.53. The summed E-state index contributed by atoms with van der Waals surface area (Å²) in [6.07, 6.45) is 48.6. The van der Waals surface area contributed by atoms with Crippen molar-refractivity contribution < 1.29 is 47.5 Å². The summed E-state index contributed by atoms with van der Waals surface area (Å²) >= 11 is 0. The van der Waals surface area contributed by atoms with E-state index in [4.69, 9.17) is 24.8 Å². The highest BCUT2D eigenvalue weighted by Crippen LogP contribution is 2.43. The zero-order chi connectivity index (χ0) is 43.5. The normalized spacial score (nSPS) is 14.2. The minimum absolute atomic E-state index is 0.143. The number of carboxylic acids is 1. The Morgan fingerprint density at radius 3 is 1.41 bits per heavy atom. The van der Waals surface area contributed by atoms with Crippen molar-refractivity contribution in [3.8, 4) is 0 Å². The van der Waals surface area contributed by atoms with Crippen LogP contribution in [0, 0.1) is 0 Å². The van der Waals surface area contributed by atoms with Crippen molar-refractivity contribution >= 4 is 25.7 Å². The van der Waals surface area contributed by atoms with Crippen molar-refractivity contribution in [1.29, 1.82) is 0 Å². The summed E-state index contributed by atoms with van der Waals surface area (Å²) in [4.78, 5) is 46.0. The molecule has 0 bridgehead atoms. The van der Waals surface area contributed by atoms with Gasteiger partial charge in [-0.3, -0.25) is 23.4 Å². The third-order valence-corrected chi connectivity index (χ3v) is 10.5. The van der Waals surface area contributed by atoms with Gasteiger partial charge in [-0.2, -0.15) is 0 Å². The number of unbranched alkanes of at least 4 members (excludes halogenated alkanes) is 18. The summed E-state index contributed by atoms with van der Waals surface area (Å²) in [5.41, 5.74) is 5.33. The number of phosphoric ester groups is 1. The van der Waals surface area contributed by atoms with Gasteiger partial charge in [0.15, 0.2) is 6.10 Å². The Balaban J connectivity index is 4.40. The Morgan fingerprint density at radius 2 is 0.949 bits per heavy atom. The quantitative estimate of drug-likeness (QED) is 0.0231.